The zero-order valence-corrected chi connectivity index (χ0v) is 9.89. The molecule has 88 valence electrons. The highest BCUT2D eigenvalue weighted by atomic mass is 15.2. The van der Waals surface area contributed by atoms with Crippen LogP contribution in [0.25, 0.3) is 10.9 Å². The topological polar surface area (TPSA) is 42.1 Å². The van der Waals surface area contributed by atoms with Crippen LogP contribution in [0.1, 0.15) is 19.3 Å². The van der Waals surface area contributed by atoms with Crippen LogP contribution in [-0.2, 0) is 0 Å². The Labute approximate surface area is 101 Å². The van der Waals surface area contributed by atoms with Gasteiger partial charge in [-0.3, -0.25) is 0 Å². The Morgan fingerprint density at radius 2 is 1.82 bits per heavy atom. The quantitative estimate of drug-likeness (QED) is 0.814. The largest absolute Gasteiger partial charge is 0.382 e. The summed E-state index contributed by atoms with van der Waals surface area (Å²) in [6.45, 7) is 2.20. The molecule has 0 amide bonds. The molecule has 0 spiro atoms. The van der Waals surface area contributed by atoms with E-state index in [-0.39, 0.29) is 0 Å². The number of nitrogens with two attached hydrogens (primary N) is 1. The van der Waals surface area contributed by atoms with Crippen molar-refractivity contribution in [1.82, 2.24) is 4.98 Å². The third-order valence-electron chi connectivity index (χ3n) is 3.43. The number of nitrogen functional groups attached to an aromatic ring is 1. The fourth-order valence-corrected chi connectivity index (χ4v) is 2.51. The molecule has 1 aliphatic heterocycles. The first kappa shape index (κ1) is 10.4. The number of para-hydroxylation sites is 1. The molecule has 3 nitrogen and oxygen atoms in total. The molecule has 2 N–H and O–H groups in total. The average molecular weight is 227 g/mol. The Morgan fingerprint density at radius 1 is 1.06 bits per heavy atom. The van der Waals surface area contributed by atoms with Crippen LogP contribution in [0.5, 0.6) is 0 Å². The summed E-state index contributed by atoms with van der Waals surface area (Å²) in [5, 5.41) is 1.17. The van der Waals surface area contributed by atoms with Crippen molar-refractivity contribution in [2.45, 2.75) is 19.3 Å². The van der Waals surface area contributed by atoms with Crippen molar-refractivity contribution in [3.63, 3.8) is 0 Å². The van der Waals surface area contributed by atoms with E-state index >= 15 is 0 Å². The van der Waals surface area contributed by atoms with Crippen molar-refractivity contribution in [3.05, 3.63) is 30.3 Å². The molecule has 2 heterocycles. The minimum absolute atomic E-state index is 0.658. The third kappa shape index (κ3) is 1.93. The van der Waals surface area contributed by atoms with Gasteiger partial charge in [0.2, 0.25) is 0 Å². The summed E-state index contributed by atoms with van der Waals surface area (Å²) in [6.07, 6.45) is 3.84. The van der Waals surface area contributed by atoms with Crippen LogP contribution in [0, 0.1) is 0 Å². The molecular weight excluding hydrogens is 210 g/mol. The molecule has 0 radical (unpaired) electrons. The van der Waals surface area contributed by atoms with Gasteiger partial charge >= 0.3 is 0 Å². The summed E-state index contributed by atoms with van der Waals surface area (Å²) in [4.78, 5) is 6.85. The van der Waals surface area contributed by atoms with Gasteiger partial charge in [-0.15, -0.1) is 0 Å². The molecule has 0 atom stereocenters. The third-order valence-corrected chi connectivity index (χ3v) is 3.43. The molecule has 1 aromatic carbocycles. The second kappa shape index (κ2) is 4.24. The van der Waals surface area contributed by atoms with E-state index in [1.807, 2.05) is 18.2 Å². The van der Waals surface area contributed by atoms with Crippen molar-refractivity contribution in [2.75, 3.05) is 23.7 Å². The lowest BCUT2D eigenvalue weighted by molar-refractivity contribution is 0.578. The number of fused-ring (bicyclic) bond motifs is 1. The minimum Gasteiger partial charge on any atom is -0.382 e. The summed E-state index contributed by atoms with van der Waals surface area (Å²) in [5.74, 6) is 0.658. The Hall–Kier alpha value is -1.77. The number of anilines is 2. The van der Waals surface area contributed by atoms with Crippen LogP contribution < -0.4 is 10.6 Å². The van der Waals surface area contributed by atoms with Gasteiger partial charge in [0.15, 0.2) is 0 Å². The van der Waals surface area contributed by atoms with Gasteiger partial charge in [0.1, 0.15) is 5.82 Å². The Bertz CT molecular complexity index is 530. The lowest BCUT2D eigenvalue weighted by atomic mass is 10.1. The molecule has 0 aliphatic carbocycles. The molecule has 2 aromatic rings. The summed E-state index contributed by atoms with van der Waals surface area (Å²) in [6, 6.07) is 10.3. The number of hydrogen-bond donors (Lipinski definition) is 1. The second-order valence-corrected chi connectivity index (χ2v) is 4.63. The Morgan fingerprint density at radius 3 is 2.65 bits per heavy atom. The van der Waals surface area contributed by atoms with Gasteiger partial charge < -0.3 is 10.6 Å². The SMILES string of the molecule is Nc1nc2ccccc2cc1N1CCCCC1. The molecule has 1 fully saturated rings. The number of rotatable bonds is 1. The van der Waals surface area contributed by atoms with E-state index in [2.05, 4.69) is 22.0 Å². The van der Waals surface area contributed by atoms with Gasteiger partial charge in [0.25, 0.3) is 0 Å². The highest BCUT2D eigenvalue weighted by molar-refractivity contribution is 5.86. The maximum absolute atomic E-state index is 6.06. The zero-order chi connectivity index (χ0) is 11.7. The minimum atomic E-state index is 0.658. The van der Waals surface area contributed by atoms with Gasteiger partial charge in [0.05, 0.1) is 11.2 Å². The smallest absolute Gasteiger partial charge is 0.147 e. The molecule has 3 heteroatoms. The second-order valence-electron chi connectivity index (χ2n) is 4.63. The van der Waals surface area contributed by atoms with Crippen LogP contribution >= 0.6 is 0 Å². The monoisotopic (exact) mass is 227 g/mol. The summed E-state index contributed by atoms with van der Waals surface area (Å²) >= 11 is 0. The van der Waals surface area contributed by atoms with Crippen molar-refractivity contribution < 1.29 is 0 Å². The molecule has 3 rings (SSSR count). The predicted octanol–water partition coefficient (Wildman–Crippen LogP) is 2.81. The molecule has 1 aliphatic rings. The highest BCUT2D eigenvalue weighted by Crippen LogP contribution is 2.28. The van der Waals surface area contributed by atoms with Crippen molar-refractivity contribution in [1.29, 1.82) is 0 Å². The van der Waals surface area contributed by atoms with Gasteiger partial charge in [0, 0.05) is 18.5 Å². The molecule has 17 heavy (non-hydrogen) atoms. The van der Waals surface area contributed by atoms with Crippen LogP contribution in [0.3, 0.4) is 0 Å². The molecule has 1 saturated heterocycles. The molecule has 0 bridgehead atoms. The Kier molecular flexibility index (Phi) is 2.59. The number of benzene rings is 1. The van der Waals surface area contributed by atoms with E-state index in [0.29, 0.717) is 5.82 Å². The van der Waals surface area contributed by atoms with Crippen molar-refractivity contribution in [2.24, 2.45) is 0 Å². The van der Waals surface area contributed by atoms with E-state index in [4.69, 9.17) is 5.73 Å². The number of piperidine rings is 1. The fourth-order valence-electron chi connectivity index (χ4n) is 2.51. The van der Waals surface area contributed by atoms with E-state index in [1.54, 1.807) is 0 Å². The van der Waals surface area contributed by atoms with E-state index in [1.165, 1.54) is 24.6 Å². The maximum atomic E-state index is 6.06. The first-order valence-electron chi connectivity index (χ1n) is 6.25. The highest BCUT2D eigenvalue weighted by Gasteiger charge is 2.14. The number of hydrogen-bond acceptors (Lipinski definition) is 3. The molecule has 1 aromatic heterocycles. The number of aromatic nitrogens is 1. The molecule has 0 unspecified atom stereocenters. The van der Waals surface area contributed by atoms with E-state index in [0.717, 1.165) is 24.3 Å². The molecular formula is C14H17N3. The van der Waals surface area contributed by atoms with E-state index in [9.17, 15) is 0 Å². The fraction of sp³-hybridized carbons (Fsp3) is 0.357. The van der Waals surface area contributed by atoms with Crippen LogP contribution in [0.2, 0.25) is 0 Å². The lowest BCUT2D eigenvalue weighted by Gasteiger charge is -2.29. The standard InChI is InChI=1S/C14H17N3/c15-14-13(17-8-4-1-5-9-17)10-11-6-2-3-7-12(11)16-14/h2-3,6-7,10H,1,4-5,8-9H2,(H2,15,16). The predicted molar refractivity (Wildman–Crippen MR) is 72.2 cm³/mol. The lowest BCUT2D eigenvalue weighted by Crippen LogP contribution is -2.30. The van der Waals surface area contributed by atoms with Gasteiger partial charge in [-0.1, -0.05) is 18.2 Å². The van der Waals surface area contributed by atoms with Crippen LogP contribution in [-0.4, -0.2) is 18.1 Å². The zero-order valence-electron chi connectivity index (χ0n) is 9.89. The summed E-state index contributed by atoms with van der Waals surface area (Å²) < 4.78 is 0. The van der Waals surface area contributed by atoms with Crippen molar-refractivity contribution >= 4 is 22.4 Å². The number of pyridine rings is 1. The average Bonchev–Trinajstić information content (AvgIpc) is 2.39. The Balaban J connectivity index is 2.06. The summed E-state index contributed by atoms with van der Waals surface area (Å²) in [5.41, 5.74) is 8.14. The van der Waals surface area contributed by atoms with Crippen molar-refractivity contribution in [3.8, 4) is 0 Å². The summed E-state index contributed by atoms with van der Waals surface area (Å²) in [7, 11) is 0. The van der Waals surface area contributed by atoms with Gasteiger partial charge in [-0.25, -0.2) is 4.98 Å². The van der Waals surface area contributed by atoms with Crippen LogP contribution in [0.15, 0.2) is 30.3 Å². The van der Waals surface area contributed by atoms with Crippen LogP contribution in [0.4, 0.5) is 11.5 Å². The van der Waals surface area contributed by atoms with Gasteiger partial charge in [-0.2, -0.15) is 0 Å². The number of nitrogens with zero attached hydrogens (tertiary/aromatic N) is 2. The maximum Gasteiger partial charge on any atom is 0.147 e. The van der Waals surface area contributed by atoms with Gasteiger partial charge in [-0.05, 0) is 31.4 Å². The normalized spacial score (nSPS) is 16.4. The first-order chi connectivity index (χ1) is 8.34. The first-order valence-corrected chi connectivity index (χ1v) is 6.25. The molecule has 0 saturated carbocycles. The van der Waals surface area contributed by atoms with E-state index < -0.39 is 0 Å².